The Morgan fingerprint density at radius 1 is 1.04 bits per heavy atom. The number of methoxy groups -OCH3 is 1. The number of amides is 1. The first-order valence-corrected chi connectivity index (χ1v) is 8.64. The average molecular weight is 337 g/mol. The minimum absolute atomic E-state index is 0.00305. The van der Waals surface area contributed by atoms with E-state index in [4.69, 9.17) is 4.74 Å². The highest BCUT2D eigenvalue weighted by molar-refractivity contribution is 5.97. The van der Waals surface area contributed by atoms with E-state index in [1.807, 2.05) is 62.4 Å². The Morgan fingerprint density at radius 2 is 1.56 bits per heavy atom. The van der Waals surface area contributed by atoms with E-state index < -0.39 is 17.9 Å². The fourth-order valence-electron chi connectivity index (χ4n) is 3.47. The third kappa shape index (κ3) is 3.04. The Bertz CT molecular complexity index is 754. The minimum atomic E-state index is -0.637. The van der Waals surface area contributed by atoms with Gasteiger partial charge in [0.1, 0.15) is 6.04 Å². The molecular formula is C21H23NO3. The predicted molar refractivity (Wildman–Crippen MR) is 97.1 cm³/mol. The first-order valence-electron chi connectivity index (χ1n) is 8.64. The molecule has 130 valence electrons. The van der Waals surface area contributed by atoms with Gasteiger partial charge in [0.05, 0.1) is 13.0 Å². The standard InChI is InChI=1S/C21H23NO3/c1-4-13(2)19(21(24)25-3)22-20(23)18-16-11-7-5-9-14(16)15-10-6-8-12-17(15)18/h5-13,18-19H,4H2,1-3H3,(H,22,23)/t13-,19+/m1/s1. The van der Waals surface area contributed by atoms with Crippen LogP contribution >= 0.6 is 0 Å². The molecule has 1 amide bonds. The van der Waals surface area contributed by atoms with Crippen LogP contribution < -0.4 is 5.32 Å². The Balaban J connectivity index is 1.95. The highest BCUT2D eigenvalue weighted by atomic mass is 16.5. The van der Waals surface area contributed by atoms with Gasteiger partial charge in [-0.25, -0.2) is 4.79 Å². The lowest BCUT2D eigenvalue weighted by molar-refractivity contribution is -0.146. The van der Waals surface area contributed by atoms with Gasteiger partial charge in [0.25, 0.3) is 0 Å². The van der Waals surface area contributed by atoms with E-state index >= 15 is 0 Å². The molecule has 25 heavy (non-hydrogen) atoms. The van der Waals surface area contributed by atoms with E-state index in [-0.39, 0.29) is 11.8 Å². The van der Waals surface area contributed by atoms with Crippen LogP contribution in [0.2, 0.25) is 0 Å². The summed E-state index contributed by atoms with van der Waals surface area (Å²) in [6.07, 6.45) is 0.776. The highest BCUT2D eigenvalue weighted by Crippen LogP contribution is 2.44. The molecule has 0 bridgehead atoms. The van der Waals surface area contributed by atoms with Gasteiger partial charge in [-0.1, -0.05) is 68.8 Å². The summed E-state index contributed by atoms with van der Waals surface area (Å²) in [6, 6.07) is 15.2. The number of fused-ring (bicyclic) bond motifs is 3. The molecule has 0 fully saturated rings. The van der Waals surface area contributed by atoms with Gasteiger partial charge in [0.15, 0.2) is 0 Å². The van der Waals surface area contributed by atoms with Crippen molar-refractivity contribution in [1.82, 2.24) is 5.32 Å². The summed E-state index contributed by atoms with van der Waals surface area (Å²) < 4.78 is 4.88. The van der Waals surface area contributed by atoms with Gasteiger partial charge in [-0.05, 0) is 28.2 Å². The predicted octanol–water partition coefficient (Wildman–Crippen LogP) is 3.50. The number of hydrogen-bond acceptors (Lipinski definition) is 3. The fourth-order valence-corrected chi connectivity index (χ4v) is 3.47. The SMILES string of the molecule is CC[C@@H](C)[C@H](NC(=O)C1c2ccccc2-c2ccccc21)C(=O)OC. The highest BCUT2D eigenvalue weighted by Gasteiger charge is 2.36. The molecule has 0 radical (unpaired) electrons. The second kappa shape index (κ2) is 7.09. The maximum Gasteiger partial charge on any atom is 0.328 e. The lowest BCUT2D eigenvalue weighted by atomic mass is 9.93. The molecule has 1 aliphatic rings. The van der Waals surface area contributed by atoms with Crippen molar-refractivity contribution < 1.29 is 14.3 Å². The van der Waals surface area contributed by atoms with Crippen LogP contribution in [0.3, 0.4) is 0 Å². The van der Waals surface area contributed by atoms with Crippen molar-refractivity contribution in [2.75, 3.05) is 7.11 Å². The molecule has 1 aliphatic carbocycles. The summed E-state index contributed by atoms with van der Waals surface area (Å²) in [5.74, 6) is -0.956. The summed E-state index contributed by atoms with van der Waals surface area (Å²) in [7, 11) is 1.35. The first kappa shape index (κ1) is 17.2. The monoisotopic (exact) mass is 337 g/mol. The normalized spacial score (nSPS) is 15.0. The quantitative estimate of drug-likeness (QED) is 0.850. The van der Waals surface area contributed by atoms with Gasteiger partial charge >= 0.3 is 5.97 Å². The van der Waals surface area contributed by atoms with Crippen LogP contribution in [0, 0.1) is 5.92 Å². The van der Waals surface area contributed by atoms with Crippen LogP contribution in [-0.4, -0.2) is 25.0 Å². The molecule has 0 unspecified atom stereocenters. The zero-order valence-electron chi connectivity index (χ0n) is 14.8. The number of nitrogens with one attached hydrogen (secondary N) is 1. The molecule has 0 heterocycles. The number of carbonyl (C=O) groups excluding carboxylic acids is 2. The molecule has 2 aromatic rings. The Hall–Kier alpha value is -2.62. The zero-order chi connectivity index (χ0) is 18.0. The molecule has 4 nitrogen and oxygen atoms in total. The van der Waals surface area contributed by atoms with Gasteiger partial charge in [-0.2, -0.15) is 0 Å². The summed E-state index contributed by atoms with van der Waals surface area (Å²) in [6.45, 7) is 3.94. The lowest BCUT2D eigenvalue weighted by Crippen LogP contribution is -2.47. The third-order valence-electron chi connectivity index (χ3n) is 5.06. The largest absolute Gasteiger partial charge is 0.467 e. The molecule has 2 atom stereocenters. The number of carbonyl (C=O) groups is 2. The molecule has 2 aromatic carbocycles. The molecule has 0 saturated carbocycles. The third-order valence-corrected chi connectivity index (χ3v) is 5.06. The second-order valence-electron chi connectivity index (χ2n) is 6.50. The summed E-state index contributed by atoms with van der Waals surface area (Å²) in [5, 5.41) is 2.93. The number of benzene rings is 2. The Morgan fingerprint density at radius 3 is 2.04 bits per heavy atom. The van der Waals surface area contributed by atoms with E-state index in [0.29, 0.717) is 0 Å². The minimum Gasteiger partial charge on any atom is -0.467 e. The Labute approximate surface area is 148 Å². The van der Waals surface area contributed by atoms with Crippen LogP contribution in [0.25, 0.3) is 11.1 Å². The van der Waals surface area contributed by atoms with E-state index in [1.54, 1.807) is 0 Å². The van der Waals surface area contributed by atoms with Crippen molar-refractivity contribution in [1.29, 1.82) is 0 Å². The smallest absolute Gasteiger partial charge is 0.328 e. The maximum absolute atomic E-state index is 13.1. The number of rotatable bonds is 5. The van der Waals surface area contributed by atoms with Crippen LogP contribution in [-0.2, 0) is 14.3 Å². The van der Waals surface area contributed by atoms with Crippen LogP contribution in [0.4, 0.5) is 0 Å². The van der Waals surface area contributed by atoms with Crippen molar-refractivity contribution in [3.63, 3.8) is 0 Å². The van der Waals surface area contributed by atoms with Gasteiger partial charge in [0.2, 0.25) is 5.91 Å². The van der Waals surface area contributed by atoms with Crippen molar-refractivity contribution in [3.8, 4) is 11.1 Å². The molecule has 0 spiro atoms. The molecule has 1 N–H and O–H groups in total. The van der Waals surface area contributed by atoms with Gasteiger partial charge in [-0.3, -0.25) is 4.79 Å². The maximum atomic E-state index is 13.1. The van der Waals surface area contributed by atoms with Gasteiger partial charge in [-0.15, -0.1) is 0 Å². The summed E-state index contributed by atoms with van der Waals surface area (Å²) in [5.41, 5.74) is 4.12. The Kier molecular flexibility index (Phi) is 4.88. The molecule has 4 heteroatoms. The fraction of sp³-hybridized carbons (Fsp3) is 0.333. The van der Waals surface area contributed by atoms with E-state index in [0.717, 1.165) is 28.7 Å². The lowest BCUT2D eigenvalue weighted by Gasteiger charge is -2.24. The molecule has 3 rings (SSSR count). The second-order valence-corrected chi connectivity index (χ2v) is 6.50. The number of hydrogen-bond donors (Lipinski definition) is 1. The molecule has 0 aliphatic heterocycles. The average Bonchev–Trinajstić information content (AvgIpc) is 2.99. The van der Waals surface area contributed by atoms with Crippen LogP contribution in [0.5, 0.6) is 0 Å². The van der Waals surface area contributed by atoms with E-state index in [1.165, 1.54) is 7.11 Å². The molecule has 0 aromatic heterocycles. The summed E-state index contributed by atoms with van der Waals surface area (Å²) in [4.78, 5) is 25.2. The van der Waals surface area contributed by atoms with Gasteiger partial charge in [0, 0.05) is 0 Å². The van der Waals surface area contributed by atoms with Crippen molar-refractivity contribution in [3.05, 3.63) is 59.7 Å². The van der Waals surface area contributed by atoms with E-state index in [2.05, 4.69) is 5.32 Å². The van der Waals surface area contributed by atoms with Crippen molar-refractivity contribution >= 4 is 11.9 Å². The van der Waals surface area contributed by atoms with Crippen molar-refractivity contribution in [2.24, 2.45) is 5.92 Å². The van der Waals surface area contributed by atoms with Crippen LogP contribution in [0.1, 0.15) is 37.3 Å². The van der Waals surface area contributed by atoms with Crippen LogP contribution in [0.15, 0.2) is 48.5 Å². The number of ether oxygens (including phenoxy) is 1. The van der Waals surface area contributed by atoms with E-state index in [9.17, 15) is 9.59 Å². The molecular weight excluding hydrogens is 314 g/mol. The van der Waals surface area contributed by atoms with Crippen molar-refractivity contribution in [2.45, 2.75) is 32.2 Å². The zero-order valence-corrected chi connectivity index (χ0v) is 14.8. The molecule has 0 saturated heterocycles. The first-order chi connectivity index (χ1) is 12.1. The number of esters is 1. The van der Waals surface area contributed by atoms with Gasteiger partial charge < -0.3 is 10.1 Å². The summed E-state index contributed by atoms with van der Waals surface area (Å²) >= 11 is 0. The topological polar surface area (TPSA) is 55.4 Å².